The van der Waals surface area contributed by atoms with Crippen LogP contribution in [-0.4, -0.2) is 21.6 Å². The molecule has 0 saturated heterocycles. The van der Waals surface area contributed by atoms with E-state index < -0.39 is 10.8 Å². The zero-order valence-electron chi connectivity index (χ0n) is 14.1. The van der Waals surface area contributed by atoms with E-state index in [0.29, 0.717) is 10.6 Å². The van der Waals surface area contributed by atoms with Crippen LogP contribution in [0.1, 0.15) is 11.3 Å². The van der Waals surface area contributed by atoms with E-state index in [9.17, 15) is 14.9 Å². The number of nitro groups is 1. The number of nitrogens with zero attached hydrogens (tertiary/aromatic N) is 3. The van der Waals surface area contributed by atoms with Crippen LogP contribution in [0.2, 0.25) is 5.02 Å². The Labute approximate surface area is 160 Å². The minimum absolute atomic E-state index is 0.0896. The molecule has 0 aliphatic heterocycles. The van der Waals surface area contributed by atoms with Gasteiger partial charge in [0.25, 0.3) is 5.69 Å². The summed E-state index contributed by atoms with van der Waals surface area (Å²) in [5, 5.41) is 15.6. The third-order valence-corrected chi connectivity index (χ3v) is 4.06. The van der Waals surface area contributed by atoms with Crippen LogP contribution in [0.4, 0.5) is 5.69 Å². The predicted molar refractivity (Wildman–Crippen MR) is 103 cm³/mol. The van der Waals surface area contributed by atoms with Crippen LogP contribution in [0.25, 0.3) is 5.69 Å². The molecule has 3 aromatic rings. The summed E-state index contributed by atoms with van der Waals surface area (Å²) in [6.07, 6.45) is 3.23. The molecule has 3 rings (SSSR count). The van der Waals surface area contributed by atoms with Crippen LogP contribution in [0, 0.1) is 10.1 Å². The van der Waals surface area contributed by atoms with Gasteiger partial charge >= 0.3 is 0 Å². The first-order valence-corrected chi connectivity index (χ1v) is 8.40. The quantitative estimate of drug-likeness (QED) is 0.400. The molecule has 27 heavy (non-hydrogen) atoms. The van der Waals surface area contributed by atoms with E-state index in [4.69, 9.17) is 11.6 Å². The summed E-state index contributed by atoms with van der Waals surface area (Å²) in [6, 6.07) is 17.1. The summed E-state index contributed by atoms with van der Waals surface area (Å²) < 4.78 is 1.88. The van der Waals surface area contributed by atoms with E-state index in [0.717, 1.165) is 11.4 Å². The Morgan fingerprint density at radius 2 is 1.89 bits per heavy atom. The van der Waals surface area contributed by atoms with Crippen molar-refractivity contribution < 1.29 is 9.72 Å². The van der Waals surface area contributed by atoms with Gasteiger partial charge in [0.15, 0.2) is 0 Å². The molecule has 8 heteroatoms. The molecule has 0 saturated carbocycles. The van der Waals surface area contributed by atoms with Crippen molar-refractivity contribution in [2.45, 2.75) is 6.42 Å². The topological polar surface area (TPSA) is 89.5 Å². The van der Waals surface area contributed by atoms with Crippen molar-refractivity contribution in [3.63, 3.8) is 0 Å². The second-order valence-electron chi connectivity index (χ2n) is 5.64. The van der Waals surface area contributed by atoms with Gasteiger partial charge in [0.2, 0.25) is 5.91 Å². The fourth-order valence-corrected chi connectivity index (χ4v) is 2.68. The fraction of sp³-hybridized carbons (Fsp3) is 0.0526. The molecule has 7 nitrogen and oxygen atoms in total. The summed E-state index contributed by atoms with van der Waals surface area (Å²) in [5.74, 6) is -0.440. The third kappa shape index (κ3) is 4.59. The average molecular weight is 383 g/mol. The van der Waals surface area contributed by atoms with Crippen molar-refractivity contribution in [2.24, 2.45) is 5.10 Å². The average Bonchev–Trinajstić information content (AvgIpc) is 3.11. The highest BCUT2D eigenvalue weighted by Crippen LogP contribution is 2.18. The molecule has 0 aliphatic carbocycles. The molecule has 0 radical (unpaired) electrons. The SMILES string of the molecule is O=C(Cc1ccccc1[N+](=O)[O-])NN=Cc1cccn1-c1ccc(Cl)cc1. The van der Waals surface area contributed by atoms with Crippen molar-refractivity contribution in [3.05, 3.63) is 93.3 Å². The van der Waals surface area contributed by atoms with Crippen LogP contribution in [0.5, 0.6) is 0 Å². The van der Waals surface area contributed by atoms with Crippen LogP contribution >= 0.6 is 11.6 Å². The van der Waals surface area contributed by atoms with E-state index in [1.54, 1.807) is 30.3 Å². The largest absolute Gasteiger partial charge is 0.316 e. The number of amides is 1. The van der Waals surface area contributed by atoms with Gasteiger partial charge in [-0.05, 0) is 36.4 Å². The molecule has 1 aromatic heterocycles. The molecule has 0 atom stereocenters. The Hall–Kier alpha value is -3.45. The number of aromatic nitrogens is 1. The number of rotatable bonds is 6. The van der Waals surface area contributed by atoms with Gasteiger partial charge in [-0.1, -0.05) is 29.8 Å². The number of hydrogen-bond donors (Lipinski definition) is 1. The number of para-hydroxylation sites is 1. The van der Waals surface area contributed by atoms with Crippen molar-refractivity contribution in [1.29, 1.82) is 0 Å². The van der Waals surface area contributed by atoms with Crippen LogP contribution in [-0.2, 0) is 11.2 Å². The lowest BCUT2D eigenvalue weighted by Gasteiger charge is -2.06. The summed E-state index contributed by atoms with van der Waals surface area (Å²) >= 11 is 5.90. The Kier molecular flexibility index (Phi) is 5.63. The molecule has 1 N–H and O–H groups in total. The second kappa shape index (κ2) is 8.29. The van der Waals surface area contributed by atoms with Crippen molar-refractivity contribution in [3.8, 4) is 5.69 Å². The zero-order valence-corrected chi connectivity index (χ0v) is 14.8. The number of hydrazone groups is 1. The molecule has 0 bridgehead atoms. The monoisotopic (exact) mass is 382 g/mol. The number of hydrogen-bond acceptors (Lipinski definition) is 4. The molecule has 1 amide bonds. The number of benzene rings is 2. The van der Waals surface area contributed by atoms with E-state index in [1.807, 2.05) is 35.0 Å². The standard InChI is InChI=1S/C19H15ClN4O3/c20-15-7-9-16(10-8-15)23-11-3-5-17(23)13-21-22-19(25)12-14-4-1-2-6-18(14)24(26)27/h1-11,13H,12H2,(H,22,25). The maximum atomic E-state index is 12.0. The highest BCUT2D eigenvalue weighted by Gasteiger charge is 2.15. The number of nitrogens with one attached hydrogen (secondary N) is 1. The Balaban J connectivity index is 1.67. The molecule has 0 spiro atoms. The Bertz CT molecular complexity index is 996. The molecule has 0 fully saturated rings. The fourth-order valence-electron chi connectivity index (χ4n) is 2.56. The third-order valence-electron chi connectivity index (χ3n) is 3.81. The number of nitro benzene ring substituents is 1. The minimum atomic E-state index is -0.509. The second-order valence-corrected chi connectivity index (χ2v) is 6.07. The Morgan fingerprint density at radius 3 is 2.63 bits per heavy atom. The molecule has 1 heterocycles. The summed E-state index contributed by atoms with van der Waals surface area (Å²) in [5.41, 5.74) is 4.29. The van der Waals surface area contributed by atoms with Gasteiger partial charge in [-0.15, -0.1) is 0 Å². The maximum Gasteiger partial charge on any atom is 0.273 e. The molecule has 136 valence electrons. The smallest absolute Gasteiger partial charge is 0.273 e. The van der Waals surface area contributed by atoms with Gasteiger partial charge in [0.05, 0.1) is 23.3 Å². The van der Waals surface area contributed by atoms with Crippen molar-refractivity contribution in [2.75, 3.05) is 0 Å². The number of carbonyl (C=O) groups is 1. The molecule has 0 unspecified atom stereocenters. The maximum absolute atomic E-state index is 12.0. The van der Waals surface area contributed by atoms with E-state index in [-0.39, 0.29) is 12.1 Å². The first-order valence-electron chi connectivity index (χ1n) is 8.02. The predicted octanol–water partition coefficient (Wildman–Crippen LogP) is 3.73. The Morgan fingerprint density at radius 1 is 1.15 bits per heavy atom. The molecular formula is C19H15ClN4O3. The van der Waals surface area contributed by atoms with Gasteiger partial charge in [0.1, 0.15) is 0 Å². The first-order chi connectivity index (χ1) is 13.0. The highest BCUT2D eigenvalue weighted by molar-refractivity contribution is 6.30. The molecule has 0 aliphatic rings. The van der Waals surface area contributed by atoms with Gasteiger partial charge < -0.3 is 4.57 Å². The highest BCUT2D eigenvalue weighted by atomic mass is 35.5. The van der Waals surface area contributed by atoms with Gasteiger partial charge in [-0.2, -0.15) is 5.10 Å². The summed E-state index contributed by atoms with van der Waals surface area (Å²) in [6.45, 7) is 0. The lowest BCUT2D eigenvalue weighted by Crippen LogP contribution is -2.20. The normalized spacial score (nSPS) is 10.9. The first kappa shape index (κ1) is 18.3. The van der Waals surface area contributed by atoms with Gasteiger partial charge in [-0.25, -0.2) is 5.43 Å². The number of carbonyl (C=O) groups excluding carboxylic acids is 1. The van der Waals surface area contributed by atoms with Crippen LogP contribution < -0.4 is 5.43 Å². The van der Waals surface area contributed by atoms with Crippen LogP contribution in [0.15, 0.2) is 72.0 Å². The van der Waals surface area contributed by atoms with Crippen molar-refractivity contribution >= 4 is 29.4 Å². The minimum Gasteiger partial charge on any atom is -0.316 e. The van der Waals surface area contributed by atoms with Crippen LogP contribution in [0.3, 0.4) is 0 Å². The zero-order chi connectivity index (χ0) is 19.2. The van der Waals surface area contributed by atoms with E-state index >= 15 is 0 Å². The number of halogens is 1. The molecule has 2 aromatic carbocycles. The summed E-state index contributed by atoms with van der Waals surface area (Å²) in [4.78, 5) is 22.5. The molecular weight excluding hydrogens is 368 g/mol. The van der Waals surface area contributed by atoms with Gasteiger partial charge in [0, 0.05) is 28.5 Å². The lowest BCUT2D eigenvalue weighted by atomic mass is 10.1. The summed E-state index contributed by atoms with van der Waals surface area (Å²) in [7, 11) is 0. The van der Waals surface area contributed by atoms with Crippen molar-refractivity contribution in [1.82, 2.24) is 9.99 Å². The lowest BCUT2D eigenvalue weighted by molar-refractivity contribution is -0.385. The van der Waals surface area contributed by atoms with E-state index in [1.165, 1.54) is 12.3 Å². The van der Waals surface area contributed by atoms with E-state index in [2.05, 4.69) is 10.5 Å². The van der Waals surface area contributed by atoms with Gasteiger partial charge in [-0.3, -0.25) is 14.9 Å².